The first-order valence-corrected chi connectivity index (χ1v) is 12.6. The first-order valence-electron chi connectivity index (χ1n) is 9.60. The zero-order valence-electron chi connectivity index (χ0n) is 17.7. The number of nitrogens with one attached hydrogen (secondary N) is 2. The molecule has 0 saturated carbocycles. The van der Waals surface area contributed by atoms with E-state index in [0.29, 0.717) is 44.5 Å². The fraction of sp³-hybridized carbons (Fsp3) is 0.238. The number of benzene rings is 2. The van der Waals surface area contributed by atoms with E-state index in [1.54, 1.807) is 32.4 Å². The Morgan fingerprint density at radius 3 is 2.67 bits per heavy atom. The molecule has 174 valence electrons. The Labute approximate surface area is 212 Å². The summed E-state index contributed by atoms with van der Waals surface area (Å²) in [5.41, 5.74) is 1.35. The second-order valence-electron chi connectivity index (χ2n) is 6.53. The van der Waals surface area contributed by atoms with Crippen molar-refractivity contribution in [3.8, 4) is 11.5 Å². The molecule has 12 heteroatoms. The van der Waals surface area contributed by atoms with E-state index >= 15 is 0 Å². The van der Waals surface area contributed by atoms with Crippen molar-refractivity contribution in [2.24, 2.45) is 0 Å². The molecule has 1 heterocycles. The Hall–Kier alpha value is -2.34. The molecule has 8 nitrogen and oxygen atoms in total. The molecule has 0 aliphatic rings. The van der Waals surface area contributed by atoms with Gasteiger partial charge in [0.2, 0.25) is 11.0 Å². The highest BCUT2D eigenvalue weighted by Crippen LogP contribution is 2.28. The molecule has 0 saturated heterocycles. The lowest BCUT2D eigenvalue weighted by atomic mass is 10.1. The summed E-state index contributed by atoms with van der Waals surface area (Å²) in [7, 11) is 3.17. The smallest absolute Gasteiger partial charge is 0.259 e. The summed E-state index contributed by atoms with van der Waals surface area (Å²) in [6.45, 7) is 0.486. The van der Waals surface area contributed by atoms with Crippen molar-refractivity contribution in [2.75, 3.05) is 31.8 Å². The molecule has 0 aliphatic carbocycles. The molecule has 1 aromatic heterocycles. The van der Waals surface area contributed by atoms with Crippen LogP contribution in [0.1, 0.15) is 15.9 Å². The number of aromatic nitrogens is 2. The number of hydrogen-bond acceptors (Lipinski definition) is 8. The van der Waals surface area contributed by atoms with Crippen LogP contribution < -0.4 is 20.1 Å². The van der Waals surface area contributed by atoms with Crippen LogP contribution >= 0.6 is 50.6 Å². The first-order chi connectivity index (χ1) is 15.9. The highest BCUT2D eigenvalue weighted by molar-refractivity contribution is 9.10. The monoisotopic (exact) mass is 570 g/mol. The van der Waals surface area contributed by atoms with E-state index in [9.17, 15) is 9.59 Å². The number of anilines is 1. The van der Waals surface area contributed by atoms with Crippen LogP contribution in [-0.4, -0.2) is 48.5 Å². The van der Waals surface area contributed by atoms with Crippen LogP contribution in [-0.2, 0) is 11.2 Å². The van der Waals surface area contributed by atoms with Crippen molar-refractivity contribution >= 4 is 67.6 Å². The molecular weight excluding hydrogens is 552 g/mol. The van der Waals surface area contributed by atoms with E-state index in [1.165, 1.54) is 23.1 Å². The molecule has 33 heavy (non-hydrogen) atoms. The molecule has 3 rings (SSSR count). The van der Waals surface area contributed by atoms with Crippen molar-refractivity contribution in [1.29, 1.82) is 0 Å². The molecule has 2 N–H and O–H groups in total. The molecule has 0 unspecified atom stereocenters. The largest absolute Gasteiger partial charge is 0.493 e. The molecular formula is C21H20BrClN4O4S2. The van der Waals surface area contributed by atoms with Gasteiger partial charge in [0.1, 0.15) is 0 Å². The number of carbonyl (C=O) groups is 2. The minimum Gasteiger partial charge on any atom is -0.493 e. The van der Waals surface area contributed by atoms with E-state index in [0.717, 1.165) is 10.0 Å². The van der Waals surface area contributed by atoms with Gasteiger partial charge in [-0.1, -0.05) is 56.7 Å². The molecule has 0 spiro atoms. The predicted octanol–water partition coefficient (Wildman–Crippen LogP) is 4.67. The Morgan fingerprint density at radius 1 is 1.12 bits per heavy atom. The molecule has 3 aromatic rings. The van der Waals surface area contributed by atoms with Crippen molar-refractivity contribution < 1.29 is 19.1 Å². The average molecular weight is 572 g/mol. The van der Waals surface area contributed by atoms with Gasteiger partial charge in [-0.3, -0.25) is 14.9 Å². The number of ether oxygens (including phenoxy) is 2. The first kappa shape index (κ1) is 25.3. The summed E-state index contributed by atoms with van der Waals surface area (Å²) in [6.07, 6.45) is 0.657. The minimum atomic E-state index is -0.387. The lowest BCUT2D eigenvalue weighted by Crippen LogP contribution is -2.27. The second kappa shape index (κ2) is 12.2. The van der Waals surface area contributed by atoms with E-state index in [1.807, 2.05) is 18.2 Å². The van der Waals surface area contributed by atoms with Gasteiger partial charge in [0.25, 0.3) is 5.91 Å². The number of thioether (sulfide) groups is 1. The van der Waals surface area contributed by atoms with Crippen LogP contribution in [0.25, 0.3) is 0 Å². The maximum Gasteiger partial charge on any atom is 0.259 e. The summed E-state index contributed by atoms with van der Waals surface area (Å²) in [5.74, 6) is 0.989. The van der Waals surface area contributed by atoms with E-state index in [4.69, 9.17) is 21.1 Å². The van der Waals surface area contributed by atoms with Gasteiger partial charge in [-0.2, -0.15) is 0 Å². The zero-order chi connectivity index (χ0) is 23.8. The predicted molar refractivity (Wildman–Crippen MR) is 134 cm³/mol. The number of rotatable bonds is 10. The SMILES string of the molecule is COc1ccc(CCNC(=O)CSc2nnc(NC(=O)c3cc(Br)ccc3Cl)s2)cc1OC. The van der Waals surface area contributed by atoms with Gasteiger partial charge in [-0.05, 0) is 42.3 Å². The molecule has 0 atom stereocenters. The molecule has 0 fully saturated rings. The number of carbonyl (C=O) groups excluding carboxylic acids is 2. The Kier molecular flexibility index (Phi) is 9.36. The van der Waals surface area contributed by atoms with E-state index < -0.39 is 0 Å². The summed E-state index contributed by atoms with van der Waals surface area (Å²) >= 11 is 11.8. The Bertz CT molecular complexity index is 1150. The highest BCUT2D eigenvalue weighted by Gasteiger charge is 2.15. The van der Waals surface area contributed by atoms with Crippen molar-refractivity contribution in [1.82, 2.24) is 15.5 Å². The normalized spacial score (nSPS) is 10.5. The van der Waals surface area contributed by atoms with Gasteiger partial charge in [-0.25, -0.2) is 0 Å². The minimum absolute atomic E-state index is 0.123. The van der Waals surface area contributed by atoms with Gasteiger partial charge >= 0.3 is 0 Å². The van der Waals surface area contributed by atoms with Gasteiger partial charge in [-0.15, -0.1) is 10.2 Å². The fourth-order valence-electron chi connectivity index (χ4n) is 2.72. The van der Waals surface area contributed by atoms with Crippen LogP contribution in [0.5, 0.6) is 11.5 Å². The molecule has 2 aromatic carbocycles. The number of hydrogen-bond donors (Lipinski definition) is 2. The fourth-order valence-corrected chi connectivity index (χ4v) is 4.86. The number of methoxy groups -OCH3 is 2. The van der Waals surface area contributed by atoms with E-state index in [-0.39, 0.29) is 17.6 Å². The molecule has 0 bridgehead atoms. The third kappa shape index (κ3) is 7.32. The Balaban J connectivity index is 1.44. The third-order valence-electron chi connectivity index (χ3n) is 4.31. The van der Waals surface area contributed by atoms with Gasteiger partial charge in [0, 0.05) is 11.0 Å². The van der Waals surface area contributed by atoms with Crippen molar-refractivity contribution in [2.45, 2.75) is 10.8 Å². The summed E-state index contributed by atoms with van der Waals surface area (Å²) in [4.78, 5) is 24.6. The number of halogens is 2. The lowest BCUT2D eigenvalue weighted by Gasteiger charge is -2.10. The Morgan fingerprint density at radius 2 is 1.91 bits per heavy atom. The average Bonchev–Trinajstić information content (AvgIpc) is 3.26. The topological polar surface area (TPSA) is 102 Å². The summed E-state index contributed by atoms with van der Waals surface area (Å²) in [5, 5.41) is 14.2. The van der Waals surface area contributed by atoms with Crippen molar-refractivity contribution in [3.05, 3.63) is 57.0 Å². The van der Waals surface area contributed by atoms with Crippen molar-refractivity contribution in [3.63, 3.8) is 0 Å². The maximum atomic E-state index is 12.4. The highest BCUT2D eigenvalue weighted by atomic mass is 79.9. The molecule has 0 aliphatic heterocycles. The van der Waals surface area contributed by atoms with Gasteiger partial charge < -0.3 is 14.8 Å². The van der Waals surface area contributed by atoms with Crippen LogP contribution in [0.3, 0.4) is 0 Å². The standard InChI is InChI=1S/C21H20BrClN4O4S2/c1-30-16-6-3-12(9-17(16)31-2)7-8-24-18(28)11-32-21-27-26-20(33-21)25-19(29)14-10-13(22)4-5-15(14)23/h3-6,9-10H,7-8,11H2,1-2H3,(H,24,28)(H,25,26,29). The van der Waals surface area contributed by atoms with Gasteiger partial charge in [0.05, 0.1) is 30.6 Å². The maximum absolute atomic E-state index is 12.4. The van der Waals surface area contributed by atoms with Gasteiger partial charge in [0.15, 0.2) is 15.8 Å². The number of nitrogens with zero attached hydrogens (tertiary/aromatic N) is 2. The summed E-state index contributed by atoms with van der Waals surface area (Å²) in [6, 6.07) is 10.7. The summed E-state index contributed by atoms with van der Waals surface area (Å²) < 4.78 is 11.8. The van der Waals surface area contributed by atoms with Crippen LogP contribution in [0.2, 0.25) is 5.02 Å². The second-order valence-corrected chi connectivity index (χ2v) is 10.1. The lowest BCUT2D eigenvalue weighted by molar-refractivity contribution is -0.118. The zero-order valence-corrected chi connectivity index (χ0v) is 21.7. The van der Waals surface area contributed by atoms with Crippen LogP contribution in [0.4, 0.5) is 5.13 Å². The molecule has 0 radical (unpaired) electrons. The molecule has 2 amide bonds. The van der Waals surface area contributed by atoms with Crippen LogP contribution in [0.15, 0.2) is 45.2 Å². The quantitative estimate of drug-likeness (QED) is 0.269. The van der Waals surface area contributed by atoms with E-state index in [2.05, 4.69) is 36.8 Å². The number of amides is 2. The van der Waals surface area contributed by atoms with Crippen LogP contribution in [0, 0.1) is 0 Å². The third-order valence-corrected chi connectivity index (χ3v) is 7.11.